The molecular weight excluding hydrogens is 236 g/mol. The van der Waals surface area contributed by atoms with Crippen molar-refractivity contribution in [2.24, 2.45) is 0 Å². The van der Waals surface area contributed by atoms with Crippen LogP contribution in [0.5, 0.6) is 0 Å². The molecule has 3 rings (SSSR count). The fraction of sp³-hybridized carbons (Fsp3) is 0.125. The molecule has 19 heavy (non-hydrogen) atoms. The summed E-state index contributed by atoms with van der Waals surface area (Å²) in [5.41, 5.74) is 5.45. The van der Waals surface area contributed by atoms with E-state index in [4.69, 9.17) is 0 Å². The highest BCUT2D eigenvalue weighted by molar-refractivity contribution is 5.87. The van der Waals surface area contributed by atoms with Gasteiger partial charge in [0.15, 0.2) is 6.29 Å². The van der Waals surface area contributed by atoms with E-state index >= 15 is 0 Å². The molecule has 3 aromatic rings. The zero-order valence-electron chi connectivity index (χ0n) is 10.9. The third-order valence-electron chi connectivity index (χ3n) is 3.33. The van der Waals surface area contributed by atoms with Gasteiger partial charge in [-0.1, -0.05) is 23.8 Å². The van der Waals surface area contributed by atoms with E-state index in [1.165, 1.54) is 0 Å². The maximum absolute atomic E-state index is 11.4. The Kier molecular flexibility index (Phi) is 2.67. The summed E-state index contributed by atoms with van der Waals surface area (Å²) in [5.74, 6) is 0. The molecule has 0 unspecified atom stereocenters. The van der Waals surface area contributed by atoms with E-state index in [0.29, 0.717) is 5.69 Å². The quantitative estimate of drug-likeness (QED) is 0.653. The van der Waals surface area contributed by atoms with E-state index in [0.717, 1.165) is 34.3 Å². The number of benzene rings is 1. The van der Waals surface area contributed by atoms with Gasteiger partial charge < -0.3 is 0 Å². The number of carbonyl (C=O) groups excluding carboxylic acids is 1. The van der Waals surface area contributed by atoms with Crippen LogP contribution in [-0.2, 0) is 0 Å². The highest BCUT2D eigenvalue weighted by Crippen LogP contribution is 2.27. The van der Waals surface area contributed by atoms with Crippen molar-refractivity contribution in [1.82, 2.24) is 9.38 Å². The van der Waals surface area contributed by atoms with Crippen LogP contribution in [0.3, 0.4) is 0 Å². The summed E-state index contributed by atoms with van der Waals surface area (Å²) in [7, 11) is 0. The van der Waals surface area contributed by atoms with E-state index in [1.807, 2.05) is 42.6 Å². The first-order chi connectivity index (χ1) is 9.20. The molecule has 2 heterocycles. The SMILES string of the molecule is Cc1ccc(C)c(-c2nc3ccccn3c2C=O)c1. The van der Waals surface area contributed by atoms with Crippen molar-refractivity contribution in [1.29, 1.82) is 0 Å². The zero-order valence-corrected chi connectivity index (χ0v) is 10.9. The van der Waals surface area contributed by atoms with Crippen molar-refractivity contribution in [3.63, 3.8) is 0 Å². The van der Waals surface area contributed by atoms with Gasteiger partial charge in [-0.3, -0.25) is 9.20 Å². The molecule has 1 aromatic carbocycles. The van der Waals surface area contributed by atoms with Crippen LogP contribution in [-0.4, -0.2) is 15.7 Å². The largest absolute Gasteiger partial charge is 0.297 e. The van der Waals surface area contributed by atoms with Crippen molar-refractivity contribution >= 4 is 11.9 Å². The lowest BCUT2D eigenvalue weighted by Crippen LogP contribution is -1.93. The smallest absolute Gasteiger partial charge is 0.169 e. The lowest BCUT2D eigenvalue weighted by Gasteiger charge is -2.05. The Labute approximate surface area is 111 Å². The minimum atomic E-state index is 0.601. The minimum Gasteiger partial charge on any atom is -0.297 e. The van der Waals surface area contributed by atoms with Crippen LogP contribution in [0.1, 0.15) is 21.6 Å². The Morgan fingerprint density at radius 1 is 1.16 bits per heavy atom. The molecule has 0 saturated carbocycles. The Balaban J connectivity index is 2.36. The second kappa shape index (κ2) is 4.35. The molecule has 0 aliphatic heterocycles. The highest BCUT2D eigenvalue weighted by atomic mass is 16.1. The number of hydrogen-bond donors (Lipinski definition) is 0. The van der Waals surface area contributed by atoms with E-state index in [1.54, 1.807) is 0 Å². The number of imidazole rings is 1. The number of hydrogen-bond acceptors (Lipinski definition) is 2. The van der Waals surface area contributed by atoms with Crippen LogP contribution >= 0.6 is 0 Å². The first kappa shape index (κ1) is 11.7. The monoisotopic (exact) mass is 250 g/mol. The molecule has 0 N–H and O–H groups in total. The fourth-order valence-corrected chi connectivity index (χ4v) is 2.32. The van der Waals surface area contributed by atoms with Gasteiger partial charge in [0.1, 0.15) is 17.0 Å². The predicted octanol–water partition coefficient (Wildman–Crippen LogP) is 3.43. The summed E-state index contributed by atoms with van der Waals surface area (Å²) in [5, 5.41) is 0. The second-order valence-electron chi connectivity index (χ2n) is 4.71. The number of fused-ring (bicyclic) bond motifs is 1. The summed E-state index contributed by atoms with van der Waals surface area (Å²) in [6.45, 7) is 4.08. The van der Waals surface area contributed by atoms with Gasteiger partial charge in [-0.2, -0.15) is 0 Å². The van der Waals surface area contributed by atoms with Crippen LogP contribution in [0.15, 0.2) is 42.6 Å². The molecule has 0 aliphatic carbocycles. The lowest BCUT2D eigenvalue weighted by atomic mass is 10.0. The Hall–Kier alpha value is -2.42. The van der Waals surface area contributed by atoms with Crippen molar-refractivity contribution in [2.75, 3.05) is 0 Å². The molecular formula is C16H14N2O. The molecule has 0 bridgehead atoms. The molecule has 3 nitrogen and oxygen atoms in total. The third-order valence-corrected chi connectivity index (χ3v) is 3.33. The fourth-order valence-electron chi connectivity index (χ4n) is 2.32. The molecule has 3 heteroatoms. The summed E-state index contributed by atoms with van der Waals surface area (Å²) in [4.78, 5) is 16.0. The van der Waals surface area contributed by atoms with Crippen molar-refractivity contribution in [3.05, 3.63) is 59.4 Å². The number of rotatable bonds is 2. The van der Waals surface area contributed by atoms with Gasteiger partial charge in [0.25, 0.3) is 0 Å². The van der Waals surface area contributed by atoms with Crippen LogP contribution in [0, 0.1) is 13.8 Å². The average Bonchev–Trinajstić information content (AvgIpc) is 2.79. The van der Waals surface area contributed by atoms with Crippen LogP contribution in [0.25, 0.3) is 16.9 Å². The molecule has 0 radical (unpaired) electrons. The molecule has 0 amide bonds. The van der Waals surface area contributed by atoms with Gasteiger partial charge in [0, 0.05) is 11.8 Å². The van der Waals surface area contributed by atoms with Gasteiger partial charge in [-0.05, 0) is 37.6 Å². The molecule has 0 fully saturated rings. The predicted molar refractivity (Wildman–Crippen MR) is 75.5 cm³/mol. The molecule has 0 spiro atoms. The summed E-state index contributed by atoms with van der Waals surface area (Å²) >= 11 is 0. The first-order valence-electron chi connectivity index (χ1n) is 6.20. The zero-order chi connectivity index (χ0) is 13.4. The number of aryl methyl sites for hydroxylation is 2. The normalized spacial score (nSPS) is 10.8. The van der Waals surface area contributed by atoms with E-state index in [-0.39, 0.29) is 0 Å². The molecule has 2 aromatic heterocycles. The number of carbonyl (C=O) groups is 1. The van der Waals surface area contributed by atoms with Crippen molar-refractivity contribution in [3.8, 4) is 11.3 Å². The molecule has 94 valence electrons. The van der Waals surface area contributed by atoms with Crippen molar-refractivity contribution in [2.45, 2.75) is 13.8 Å². The molecule has 0 aliphatic rings. The maximum atomic E-state index is 11.4. The van der Waals surface area contributed by atoms with Crippen LogP contribution in [0.2, 0.25) is 0 Å². The number of aldehydes is 1. The Bertz CT molecular complexity index is 772. The van der Waals surface area contributed by atoms with Gasteiger partial charge >= 0.3 is 0 Å². The minimum absolute atomic E-state index is 0.601. The summed E-state index contributed by atoms with van der Waals surface area (Å²) < 4.78 is 1.82. The van der Waals surface area contributed by atoms with Crippen LogP contribution < -0.4 is 0 Å². The van der Waals surface area contributed by atoms with Gasteiger partial charge in [0.05, 0.1) is 0 Å². The molecule has 0 saturated heterocycles. The number of pyridine rings is 1. The first-order valence-corrected chi connectivity index (χ1v) is 6.20. The topological polar surface area (TPSA) is 34.4 Å². The van der Waals surface area contributed by atoms with E-state index < -0.39 is 0 Å². The highest BCUT2D eigenvalue weighted by Gasteiger charge is 2.14. The van der Waals surface area contributed by atoms with Gasteiger partial charge in [-0.15, -0.1) is 0 Å². The average molecular weight is 250 g/mol. The summed E-state index contributed by atoms with van der Waals surface area (Å²) in [6, 6.07) is 11.9. The van der Waals surface area contributed by atoms with Gasteiger partial charge in [0.2, 0.25) is 0 Å². The van der Waals surface area contributed by atoms with Crippen LogP contribution in [0.4, 0.5) is 0 Å². The maximum Gasteiger partial charge on any atom is 0.169 e. The number of aromatic nitrogens is 2. The Morgan fingerprint density at radius 3 is 2.79 bits per heavy atom. The van der Waals surface area contributed by atoms with Gasteiger partial charge in [-0.25, -0.2) is 4.98 Å². The summed E-state index contributed by atoms with van der Waals surface area (Å²) in [6.07, 6.45) is 2.73. The Morgan fingerprint density at radius 2 is 2.00 bits per heavy atom. The number of nitrogens with zero attached hydrogens (tertiary/aromatic N) is 2. The van der Waals surface area contributed by atoms with E-state index in [2.05, 4.69) is 23.2 Å². The standard InChI is InChI=1S/C16H14N2O/c1-11-6-7-12(2)13(9-11)16-14(10-19)18-8-4-3-5-15(18)17-16/h3-10H,1-2H3. The van der Waals surface area contributed by atoms with E-state index in [9.17, 15) is 4.79 Å². The molecule has 0 atom stereocenters. The third kappa shape index (κ3) is 1.83. The second-order valence-corrected chi connectivity index (χ2v) is 4.71. The lowest BCUT2D eigenvalue weighted by molar-refractivity contribution is 0.111. The van der Waals surface area contributed by atoms with Crippen molar-refractivity contribution < 1.29 is 4.79 Å².